The standard InChI is InChI=1S/C9H15N3S/c1-3-4-5-6-8-7-10-12-9(11-8)13-2/h7H,3-6H2,1-2H3. The van der Waals surface area contributed by atoms with Crippen LogP contribution in [-0.4, -0.2) is 21.4 Å². The molecule has 1 aromatic heterocycles. The highest BCUT2D eigenvalue weighted by atomic mass is 32.2. The Bertz CT molecular complexity index is 252. The van der Waals surface area contributed by atoms with Crippen LogP contribution < -0.4 is 0 Å². The van der Waals surface area contributed by atoms with E-state index in [0.717, 1.165) is 17.3 Å². The van der Waals surface area contributed by atoms with Gasteiger partial charge < -0.3 is 0 Å². The molecule has 13 heavy (non-hydrogen) atoms. The minimum absolute atomic E-state index is 0.772. The molecule has 4 heteroatoms. The van der Waals surface area contributed by atoms with Crippen LogP contribution in [0.4, 0.5) is 0 Å². The first-order valence-electron chi connectivity index (χ1n) is 4.59. The lowest BCUT2D eigenvalue weighted by Crippen LogP contribution is -1.96. The zero-order valence-corrected chi connectivity index (χ0v) is 8.97. The molecule has 0 aliphatic carbocycles. The molecule has 0 bridgehead atoms. The summed E-state index contributed by atoms with van der Waals surface area (Å²) in [6.07, 6.45) is 8.45. The summed E-state index contributed by atoms with van der Waals surface area (Å²) < 4.78 is 0. The molecular formula is C9H15N3S. The second kappa shape index (κ2) is 5.91. The van der Waals surface area contributed by atoms with Crippen LogP contribution in [0, 0.1) is 0 Å². The molecule has 3 nitrogen and oxygen atoms in total. The average molecular weight is 197 g/mol. The molecule has 0 amide bonds. The van der Waals surface area contributed by atoms with E-state index in [-0.39, 0.29) is 0 Å². The number of aromatic nitrogens is 3. The summed E-state index contributed by atoms with van der Waals surface area (Å²) in [5, 5.41) is 8.56. The quantitative estimate of drug-likeness (QED) is 0.536. The minimum atomic E-state index is 0.772. The van der Waals surface area contributed by atoms with Crippen LogP contribution in [0.1, 0.15) is 31.9 Å². The van der Waals surface area contributed by atoms with Gasteiger partial charge in [0, 0.05) is 0 Å². The Morgan fingerprint density at radius 1 is 1.38 bits per heavy atom. The van der Waals surface area contributed by atoms with Crippen LogP contribution in [0.2, 0.25) is 0 Å². The molecule has 72 valence electrons. The zero-order valence-electron chi connectivity index (χ0n) is 8.16. The lowest BCUT2D eigenvalue weighted by Gasteiger charge is -1.99. The number of nitrogens with zero attached hydrogens (tertiary/aromatic N) is 3. The van der Waals surface area contributed by atoms with E-state index in [9.17, 15) is 0 Å². The molecule has 0 N–H and O–H groups in total. The highest BCUT2D eigenvalue weighted by Crippen LogP contribution is 2.08. The van der Waals surface area contributed by atoms with E-state index in [1.54, 1.807) is 6.20 Å². The van der Waals surface area contributed by atoms with Crippen LogP contribution in [0.5, 0.6) is 0 Å². The van der Waals surface area contributed by atoms with E-state index in [4.69, 9.17) is 0 Å². The first-order valence-corrected chi connectivity index (χ1v) is 5.82. The Hall–Kier alpha value is -0.640. The Kier molecular flexibility index (Phi) is 4.75. The molecular weight excluding hydrogens is 182 g/mol. The maximum atomic E-state index is 4.35. The summed E-state index contributed by atoms with van der Waals surface area (Å²) in [5.41, 5.74) is 1.06. The van der Waals surface area contributed by atoms with Crippen molar-refractivity contribution in [3.63, 3.8) is 0 Å². The Labute approximate surface area is 83.4 Å². The molecule has 0 atom stereocenters. The third-order valence-electron chi connectivity index (χ3n) is 1.81. The lowest BCUT2D eigenvalue weighted by molar-refractivity contribution is 0.686. The van der Waals surface area contributed by atoms with Gasteiger partial charge in [-0.15, -0.1) is 5.10 Å². The van der Waals surface area contributed by atoms with Gasteiger partial charge in [0.1, 0.15) is 0 Å². The predicted octanol–water partition coefficient (Wildman–Crippen LogP) is 2.33. The van der Waals surface area contributed by atoms with Gasteiger partial charge in [0.2, 0.25) is 5.16 Å². The molecule has 0 aromatic carbocycles. The molecule has 1 heterocycles. The van der Waals surface area contributed by atoms with Crippen molar-refractivity contribution in [3.05, 3.63) is 11.9 Å². The monoisotopic (exact) mass is 197 g/mol. The van der Waals surface area contributed by atoms with Gasteiger partial charge in [-0.3, -0.25) is 0 Å². The smallest absolute Gasteiger partial charge is 0.209 e. The number of aryl methyl sites for hydroxylation is 1. The van der Waals surface area contributed by atoms with Crippen molar-refractivity contribution >= 4 is 11.8 Å². The summed E-state index contributed by atoms with van der Waals surface area (Å²) in [6, 6.07) is 0. The van der Waals surface area contributed by atoms with Gasteiger partial charge >= 0.3 is 0 Å². The topological polar surface area (TPSA) is 38.7 Å². The van der Waals surface area contributed by atoms with Crippen LogP contribution in [0.25, 0.3) is 0 Å². The van der Waals surface area contributed by atoms with E-state index in [0.29, 0.717) is 0 Å². The van der Waals surface area contributed by atoms with Crippen molar-refractivity contribution in [3.8, 4) is 0 Å². The molecule has 0 aliphatic heterocycles. The van der Waals surface area contributed by atoms with Crippen LogP contribution in [0.3, 0.4) is 0 Å². The number of thioether (sulfide) groups is 1. The van der Waals surface area contributed by atoms with Gasteiger partial charge in [0.15, 0.2) is 0 Å². The molecule has 0 saturated heterocycles. The fourth-order valence-electron chi connectivity index (χ4n) is 1.08. The van der Waals surface area contributed by atoms with Gasteiger partial charge in [-0.2, -0.15) is 5.10 Å². The normalized spacial score (nSPS) is 10.3. The summed E-state index contributed by atoms with van der Waals surface area (Å²) in [5.74, 6) is 0. The highest BCUT2D eigenvalue weighted by Gasteiger charge is 1.98. The van der Waals surface area contributed by atoms with Gasteiger partial charge in [-0.25, -0.2) is 4.98 Å². The summed E-state index contributed by atoms with van der Waals surface area (Å²) in [4.78, 5) is 4.35. The van der Waals surface area contributed by atoms with Crippen LogP contribution in [0.15, 0.2) is 11.4 Å². The van der Waals surface area contributed by atoms with Crippen molar-refractivity contribution in [2.45, 2.75) is 37.8 Å². The highest BCUT2D eigenvalue weighted by molar-refractivity contribution is 7.98. The number of hydrogen-bond acceptors (Lipinski definition) is 4. The van der Waals surface area contributed by atoms with Gasteiger partial charge in [-0.05, 0) is 19.1 Å². The van der Waals surface area contributed by atoms with Crippen molar-refractivity contribution < 1.29 is 0 Å². The fourth-order valence-corrected chi connectivity index (χ4v) is 1.42. The number of hydrogen-bond donors (Lipinski definition) is 0. The number of unbranched alkanes of at least 4 members (excludes halogenated alkanes) is 2. The molecule has 0 fully saturated rings. The van der Waals surface area contributed by atoms with Crippen molar-refractivity contribution in [1.29, 1.82) is 0 Å². The Morgan fingerprint density at radius 2 is 2.23 bits per heavy atom. The largest absolute Gasteiger partial charge is 0.225 e. The van der Waals surface area contributed by atoms with E-state index < -0.39 is 0 Å². The molecule has 0 radical (unpaired) electrons. The number of rotatable bonds is 5. The molecule has 0 unspecified atom stereocenters. The summed E-state index contributed by atoms with van der Waals surface area (Å²) in [6.45, 7) is 2.20. The fraction of sp³-hybridized carbons (Fsp3) is 0.667. The Morgan fingerprint density at radius 3 is 2.92 bits per heavy atom. The third kappa shape index (κ3) is 3.72. The van der Waals surface area contributed by atoms with E-state index in [2.05, 4.69) is 22.1 Å². The summed E-state index contributed by atoms with van der Waals surface area (Å²) in [7, 11) is 0. The molecule has 0 spiro atoms. The Balaban J connectivity index is 2.46. The van der Waals surface area contributed by atoms with Crippen LogP contribution >= 0.6 is 11.8 Å². The molecule has 0 saturated carbocycles. The second-order valence-electron chi connectivity index (χ2n) is 2.89. The maximum Gasteiger partial charge on any atom is 0.209 e. The average Bonchev–Trinajstić information content (AvgIpc) is 2.19. The SMILES string of the molecule is CCCCCc1cnnc(SC)n1. The molecule has 0 aliphatic rings. The molecule has 1 rings (SSSR count). The van der Waals surface area contributed by atoms with Gasteiger partial charge in [-0.1, -0.05) is 31.5 Å². The van der Waals surface area contributed by atoms with Crippen molar-refractivity contribution in [2.75, 3.05) is 6.26 Å². The van der Waals surface area contributed by atoms with Crippen molar-refractivity contribution in [1.82, 2.24) is 15.2 Å². The molecule has 1 aromatic rings. The second-order valence-corrected chi connectivity index (χ2v) is 3.66. The van der Waals surface area contributed by atoms with E-state index >= 15 is 0 Å². The first kappa shape index (κ1) is 10.4. The first-order chi connectivity index (χ1) is 6.36. The van der Waals surface area contributed by atoms with Crippen molar-refractivity contribution in [2.24, 2.45) is 0 Å². The zero-order chi connectivity index (χ0) is 9.52. The van der Waals surface area contributed by atoms with Gasteiger partial charge in [0.05, 0.1) is 11.9 Å². The van der Waals surface area contributed by atoms with Gasteiger partial charge in [0.25, 0.3) is 0 Å². The summed E-state index contributed by atoms with van der Waals surface area (Å²) >= 11 is 1.54. The minimum Gasteiger partial charge on any atom is -0.225 e. The van der Waals surface area contributed by atoms with E-state index in [1.807, 2.05) is 6.26 Å². The lowest BCUT2D eigenvalue weighted by atomic mass is 10.2. The van der Waals surface area contributed by atoms with E-state index in [1.165, 1.54) is 31.0 Å². The predicted molar refractivity (Wildman–Crippen MR) is 54.8 cm³/mol. The van der Waals surface area contributed by atoms with Crippen LogP contribution in [-0.2, 0) is 6.42 Å². The third-order valence-corrected chi connectivity index (χ3v) is 2.35. The maximum absolute atomic E-state index is 4.35.